The van der Waals surface area contributed by atoms with Gasteiger partial charge in [-0.2, -0.15) is 0 Å². The van der Waals surface area contributed by atoms with Crippen molar-refractivity contribution in [2.75, 3.05) is 0 Å². The molecule has 0 N–H and O–H groups in total. The Morgan fingerprint density at radius 3 is 1.94 bits per heavy atom. The molecule has 0 amide bonds. The Bertz CT molecular complexity index is 2360. The van der Waals surface area contributed by atoms with Gasteiger partial charge in [-0.1, -0.05) is 115 Å². The van der Waals surface area contributed by atoms with Crippen molar-refractivity contribution in [1.29, 1.82) is 0 Å². The Labute approximate surface area is 401 Å². The molecule has 17 unspecified atom stereocenters. The Morgan fingerprint density at radius 2 is 1.18 bits per heavy atom. The van der Waals surface area contributed by atoms with Gasteiger partial charge in [0, 0.05) is 33.2 Å². The van der Waals surface area contributed by atoms with Crippen molar-refractivity contribution in [3.05, 3.63) is 155 Å². The maximum atomic E-state index is 3.02. The van der Waals surface area contributed by atoms with Crippen molar-refractivity contribution in [2.45, 2.75) is 163 Å². The SMILES string of the molecule is C1=CCCC(N2C3C=CCCC3C3CC(C4C=CC5C(C4)C4CC(C6C=C7C8CCC=CC8N(C8=CCCCC8)C7CC6)C=CC4N5C4=CC=CC(C5CC6=C(C=CCC6)S5)C4)C=CC32)=C1. The summed E-state index contributed by atoms with van der Waals surface area (Å²) in [5.74, 6) is 7.00. The Hall–Kier alpha value is -3.63. The molecule has 3 saturated heterocycles. The smallest absolute Gasteiger partial charge is 0.0542 e. The number of fused-ring (bicyclic) bond motifs is 9. The number of rotatable bonds is 6. The molecule has 0 saturated carbocycles. The van der Waals surface area contributed by atoms with Crippen LogP contribution in [-0.2, 0) is 0 Å². The first-order valence-electron chi connectivity index (χ1n) is 27.6. The van der Waals surface area contributed by atoms with Crippen LogP contribution in [0.15, 0.2) is 155 Å². The van der Waals surface area contributed by atoms with E-state index in [1.54, 1.807) is 27.6 Å². The fraction of sp³-hybridized carbons (Fsp3) is 0.581. The van der Waals surface area contributed by atoms with E-state index < -0.39 is 0 Å². The maximum absolute atomic E-state index is 3.02. The van der Waals surface area contributed by atoms with Gasteiger partial charge in [0.25, 0.3) is 0 Å². The topological polar surface area (TPSA) is 9.72 Å². The predicted octanol–water partition coefficient (Wildman–Crippen LogP) is 14.3. The molecular weight excluding hydrogens is 819 g/mol. The maximum Gasteiger partial charge on any atom is 0.0542 e. The van der Waals surface area contributed by atoms with Crippen molar-refractivity contribution < 1.29 is 0 Å². The van der Waals surface area contributed by atoms with Crippen LogP contribution in [0, 0.1) is 59.2 Å². The van der Waals surface area contributed by atoms with Gasteiger partial charge in [0.1, 0.15) is 0 Å². The van der Waals surface area contributed by atoms with Crippen molar-refractivity contribution >= 4 is 11.8 Å². The minimum Gasteiger partial charge on any atom is -0.361 e. The molecule has 14 rings (SSSR count). The number of thioether (sulfide) groups is 1. The molecule has 14 aliphatic rings. The predicted molar refractivity (Wildman–Crippen MR) is 275 cm³/mol. The second-order valence-electron chi connectivity index (χ2n) is 23.5. The molecule has 0 aromatic carbocycles. The van der Waals surface area contributed by atoms with Gasteiger partial charge >= 0.3 is 0 Å². The highest BCUT2D eigenvalue weighted by molar-refractivity contribution is 8.04. The van der Waals surface area contributed by atoms with Crippen LogP contribution in [-0.4, -0.2) is 56.2 Å². The van der Waals surface area contributed by atoms with Gasteiger partial charge in [0.15, 0.2) is 0 Å². The molecule has 4 aliphatic heterocycles. The second kappa shape index (κ2) is 17.1. The van der Waals surface area contributed by atoms with E-state index in [4.69, 9.17) is 0 Å². The zero-order valence-corrected chi connectivity index (χ0v) is 40.4. The molecule has 0 aromatic heterocycles. The van der Waals surface area contributed by atoms with Crippen LogP contribution >= 0.6 is 11.8 Å². The van der Waals surface area contributed by atoms with Gasteiger partial charge in [0.05, 0.1) is 36.3 Å². The molecule has 0 aromatic rings. The highest BCUT2D eigenvalue weighted by Gasteiger charge is 2.55. The molecule has 10 aliphatic carbocycles. The lowest BCUT2D eigenvalue weighted by atomic mass is 9.64. The molecule has 0 bridgehead atoms. The first kappa shape index (κ1) is 41.4. The van der Waals surface area contributed by atoms with Crippen LogP contribution in [0.1, 0.15) is 122 Å². The highest BCUT2D eigenvalue weighted by Crippen LogP contribution is 2.57. The molecule has 66 heavy (non-hydrogen) atoms. The summed E-state index contributed by atoms with van der Waals surface area (Å²) in [6.45, 7) is 0. The van der Waals surface area contributed by atoms with E-state index in [9.17, 15) is 0 Å². The van der Waals surface area contributed by atoms with E-state index in [2.05, 4.69) is 148 Å². The normalized spacial score (nSPS) is 44.8. The molecule has 3 nitrogen and oxygen atoms in total. The lowest BCUT2D eigenvalue weighted by molar-refractivity contribution is 0.191. The van der Waals surface area contributed by atoms with E-state index in [1.165, 1.54) is 122 Å². The summed E-state index contributed by atoms with van der Waals surface area (Å²) in [5.41, 5.74) is 8.49. The minimum atomic E-state index is 0.515. The summed E-state index contributed by atoms with van der Waals surface area (Å²) < 4.78 is 0. The van der Waals surface area contributed by atoms with E-state index in [-0.39, 0.29) is 0 Å². The first-order valence-corrected chi connectivity index (χ1v) is 28.5. The van der Waals surface area contributed by atoms with Crippen molar-refractivity contribution in [2.24, 2.45) is 59.2 Å². The summed E-state index contributed by atoms with van der Waals surface area (Å²) in [6.07, 6.45) is 76.7. The zero-order valence-electron chi connectivity index (χ0n) is 39.5. The summed E-state index contributed by atoms with van der Waals surface area (Å²) >= 11 is 2.20. The molecule has 3 fully saturated rings. The first-order chi connectivity index (χ1) is 32.7. The quantitative estimate of drug-likeness (QED) is 0.246. The monoisotopic (exact) mass is 894 g/mol. The van der Waals surface area contributed by atoms with E-state index in [0.717, 1.165) is 29.6 Å². The van der Waals surface area contributed by atoms with Gasteiger partial charge in [-0.3, -0.25) is 0 Å². The highest BCUT2D eigenvalue weighted by atomic mass is 32.2. The van der Waals surface area contributed by atoms with Crippen molar-refractivity contribution in [1.82, 2.24) is 14.7 Å². The van der Waals surface area contributed by atoms with Gasteiger partial charge in [-0.15, -0.1) is 11.8 Å². The fourth-order valence-electron chi connectivity index (χ4n) is 17.4. The summed E-state index contributed by atoms with van der Waals surface area (Å²) in [6, 6.07) is 3.42. The number of hydrogen-bond donors (Lipinski definition) is 0. The van der Waals surface area contributed by atoms with E-state index in [0.29, 0.717) is 71.1 Å². The third-order valence-corrected chi connectivity index (χ3v) is 21.9. The Balaban J connectivity index is 0.755. The average molecular weight is 894 g/mol. The summed E-state index contributed by atoms with van der Waals surface area (Å²) in [7, 11) is 0. The third-order valence-electron chi connectivity index (χ3n) is 20.4. The lowest BCUT2D eigenvalue weighted by Gasteiger charge is -2.41. The number of hydrogen-bond acceptors (Lipinski definition) is 4. The lowest BCUT2D eigenvalue weighted by Crippen LogP contribution is -2.40. The van der Waals surface area contributed by atoms with Crippen molar-refractivity contribution in [3.8, 4) is 0 Å². The van der Waals surface area contributed by atoms with Crippen LogP contribution < -0.4 is 0 Å². The largest absolute Gasteiger partial charge is 0.361 e. The summed E-state index contributed by atoms with van der Waals surface area (Å²) in [4.78, 5) is 10.5. The molecule has 0 radical (unpaired) electrons. The zero-order chi connectivity index (χ0) is 43.3. The van der Waals surface area contributed by atoms with Gasteiger partial charge in [-0.05, 0) is 193 Å². The van der Waals surface area contributed by atoms with Crippen LogP contribution in [0.3, 0.4) is 0 Å². The van der Waals surface area contributed by atoms with E-state index in [1.807, 2.05) is 5.57 Å². The van der Waals surface area contributed by atoms with Gasteiger partial charge < -0.3 is 14.7 Å². The van der Waals surface area contributed by atoms with Crippen LogP contribution in [0.5, 0.6) is 0 Å². The van der Waals surface area contributed by atoms with Crippen LogP contribution in [0.4, 0.5) is 0 Å². The molecule has 4 heteroatoms. The summed E-state index contributed by atoms with van der Waals surface area (Å²) in [5, 5.41) is 0.686. The van der Waals surface area contributed by atoms with Crippen LogP contribution in [0.25, 0.3) is 0 Å². The van der Waals surface area contributed by atoms with Gasteiger partial charge in [0.2, 0.25) is 0 Å². The Morgan fingerprint density at radius 1 is 0.470 bits per heavy atom. The van der Waals surface area contributed by atoms with Crippen molar-refractivity contribution in [3.63, 3.8) is 0 Å². The Kier molecular flexibility index (Phi) is 10.7. The average Bonchev–Trinajstić information content (AvgIpc) is 4.14. The van der Waals surface area contributed by atoms with Crippen LogP contribution in [0.2, 0.25) is 0 Å². The number of allylic oxidation sites excluding steroid dienone is 19. The third kappa shape index (κ3) is 6.92. The van der Waals surface area contributed by atoms with E-state index >= 15 is 0 Å². The van der Waals surface area contributed by atoms with Gasteiger partial charge in [-0.25, -0.2) is 0 Å². The molecule has 344 valence electrons. The standard InChI is InChI=1S/C62H75N3S/c1-3-16-46(17-4-1)63-55-23-10-8-21-49(55)51-35-40(26-30-57(51)63)42-28-32-59-53(37-42)54-38-43(41-27-31-58-52(36-41)50-22-9-11-24-56(50)64(58)47-18-5-2-6-19-47)29-33-60(54)65(59)48-20-13-15-44(34-48)62-39-45-14-7-12-25-61(45)66-62/h1,3,10-13,15-16,18,20,23-26,28-30,32-33,36,40-44,49-51,53-60,62H,2,4-9,14,17,19,21-22,27,31,34-35,37-39H2. The molecule has 17 atom stereocenters. The molecule has 4 heterocycles. The number of likely N-dealkylation sites (tertiary alicyclic amines) is 3. The minimum absolute atomic E-state index is 0.515. The molecule has 0 spiro atoms. The number of nitrogens with zero attached hydrogens (tertiary/aromatic N) is 3. The molecular formula is C62H75N3S. The fourth-order valence-corrected chi connectivity index (χ4v) is 18.9. The second-order valence-corrected chi connectivity index (χ2v) is 24.8.